The molecule has 0 saturated heterocycles. The fourth-order valence-corrected chi connectivity index (χ4v) is 3.80. The molecule has 1 aliphatic heterocycles. The van der Waals surface area contributed by atoms with Crippen LogP contribution in [0.2, 0.25) is 0 Å². The first-order chi connectivity index (χ1) is 12.0. The summed E-state index contributed by atoms with van der Waals surface area (Å²) in [7, 11) is 0. The number of nitrogens with zero attached hydrogens (tertiary/aromatic N) is 1. The smallest absolute Gasteiger partial charge is 0.407 e. The highest BCUT2D eigenvalue weighted by atomic mass is 16.5. The van der Waals surface area contributed by atoms with Gasteiger partial charge in [0.05, 0.1) is 6.61 Å². The van der Waals surface area contributed by atoms with Crippen molar-refractivity contribution in [2.75, 3.05) is 19.7 Å². The van der Waals surface area contributed by atoms with Gasteiger partial charge < -0.3 is 10.1 Å². The number of carbonyl (C=O) groups is 3. The molecule has 3 rings (SSSR count). The number of carbonyl (C=O) groups excluding carboxylic acids is 3. The zero-order valence-electron chi connectivity index (χ0n) is 14.8. The van der Waals surface area contributed by atoms with Crippen molar-refractivity contribution < 1.29 is 19.1 Å². The molecule has 0 spiro atoms. The van der Waals surface area contributed by atoms with E-state index in [9.17, 15) is 14.4 Å². The molecular weight excluding hydrogens is 320 g/mol. The minimum Gasteiger partial charge on any atom is -0.449 e. The first kappa shape index (κ1) is 17.5. The zero-order valence-corrected chi connectivity index (χ0v) is 14.8. The van der Waals surface area contributed by atoms with Crippen molar-refractivity contribution >= 4 is 17.9 Å². The first-order valence-electron chi connectivity index (χ1n) is 8.90. The van der Waals surface area contributed by atoms with Gasteiger partial charge in [-0.2, -0.15) is 0 Å². The van der Waals surface area contributed by atoms with Gasteiger partial charge in [0.25, 0.3) is 11.8 Å². The molecule has 2 unspecified atom stereocenters. The molecule has 2 aliphatic carbocycles. The zero-order chi connectivity index (χ0) is 18.0. The Balaban J connectivity index is 1.34. The number of rotatable bonds is 5. The van der Waals surface area contributed by atoms with E-state index in [0.717, 1.165) is 30.6 Å². The number of amides is 3. The van der Waals surface area contributed by atoms with Crippen molar-refractivity contribution in [3.63, 3.8) is 0 Å². The number of imide groups is 1. The van der Waals surface area contributed by atoms with Gasteiger partial charge >= 0.3 is 6.09 Å². The summed E-state index contributed by atoms with van der Waals surface area (Å²) in [5.41, 5.74) is 0.944. The first-order valence-corrected chi connectivity index (χ1v) is 8.90. The van der Waals surface area contributed by atoms with Crippen LogP contribution in [-0.4, -0.2) is 42.5 Å². The molecule has 0 aromatic heterocycles. The third-order valence-corrected chi connectivity index (χ3v) is 5.55. The van der Waals surface area contributed by atoms with Gasteiger partial charge in [0.15, 0.2) is 0 Å². The van der Waals surface area contributed by atoms with Gasteiger partial charge in [-0.25, -0.2) is 4.79 Å². The monoisotopic (exact) mass is 344 g/mol. The van der Waals surface area contributed by atoms with Gasteiger partial charge in [-0.3, -0.25) is 14.5 Å². The number of alkyl carbamates (subject to hydrolysis) is 1. The summed E-state index contributed by atoms with van der Waals surface area (Å²) in [6.07, 6.45) is 3.58. The van der Waals surface area contributed by atoms with Gasteiger partial charge in [-0.15, -0.1) is 11.8 Å². The van der Waals surface area contributed by atoms with Gasteiger partial charge in [0, 0.05) is 37.1 Å². The van der Waals surface area contributed by atoms with Crippen molar-refractivity contribution in [2.45, 2.75) is 39.5 Å². The van der Waals surface area contributed by atoms with Crippen molar-refractivity contribution in [2.24, 2.45) is 17.8 Å². The Morgan fingerprint density at radius 2 is 1.68 bits per heavy atom. The third kappa shape index (κ3) is 3.71. The molecule has 134 valence electrons. The van der Waals surface area contributed by atoms with E-state index in [-0.39, 0.29) is 24.9 Å². The van der Waals surface area contributed by atoms with E-state index in [0.29, 0.717) is 35.5 Å². The average Bonchev–Trinajstić information content (AvgIpc) is 3.18. The highest BCUT2D eigenvalue weighted by molar-refractivity contribution is 6.18. The van der Waals surface area contributed by atoms with Crippen LogP contribution in [-0.2, 0) is 14.3 Å². The lowest BCUT2D eigenvalue weighted by molar-refractivity contribution is -0.137. The molecule has 0 radical (unpaired) electrons. The van der Waals surface area contributed by atoms with Crippen molar-refractivity contribution in [3.05, 3.63) is 11.1 Å². The molecule has 6 nitrogen and oxygen atoms in total. The minimum atomic E-state index is -0.490. The third-order valence-electron chi connectivity index (χ3n) is 5.55. The second kappa shape index (κ2) is 7.30. The molecule has 0 bridgehead atoms. The molecule has 1 heterocycles. The number of hydrogen-bond acceptors (Lipinski definition) is 4. The van der Waals surface area contributed by atoms with Gasteiger partial charge in [-0.1, -0.05) is 0 Å². The van der Waals surface area contributed by atoms with Crippen molar-refractivity contribution in [1.82, 2.24) is 10.2 Å². The minimum absolute atomic E-state index is 0.160. The van der Waals surface area contributed by atoms with Crippen LogP contribution in [0.4, 0.5) is 4.79 Å². The van der Waals surface area contributed by atoms with Crippen molar-refractivity contribution in [3.8, 4) is 11.8 Å². The molecule has 0 aromatic carbocycles. The predicted octanol–water partition coefficient (Wildman–Crippen LogP) is 1.86. The lowest BCUT2D eigenvalue weighted by Crippen LogP contribution is -2.39. The highest BCUT2D eigenvalue weighted by Crippen LogP contribution is 2.52. The van der Waals surface area contributed by atoms with E-state index in [1.165, 1.54) is 0 Å². The van der Waals surface area contributed by atoms with Crippen LogP contribution in [0.1, 0.15) is 39.5 Å². The summed E-state index contributed by atoms with van der Waals surface area (Å²) in [5.74, 6) is 7.49. The van der Waals surface area contributed by atoms with Crippen LogP contribution in [0.25, 0.3) is 0 Å². The van der Waals surface area contributed by atoms with Gasteiger partial charge in [0.2, 0.25) is 0 Å². The summed E-state index contributed by atoms with van der Waals surface area (Å²) in [6, 6.07) is 0. The van der Waals surface area contributed by atoms with Crippen LogP contribution in [0, 0.1) is 29.6 Å². The average molecular weight is 344 g/mol. The molecule has 1 fully saturated rings. The second-order valence-corrected chi connectivity index (χ2v) is 6.96. The summed E-state index contributed by atoms with van der Waals surface area (Å²) >= 11 is 0. The Hall–Kier alpha value is -2.29. The van der Waals surface area contributed by atoms with E-state index in [2.05, 4.69) is 17.2 Å². The van der Waals surface area contributed by atoms with E-state index in [1.54, 1.807) is 13.8 Å². The Labute approximate surface area is 148 Å². The Morgan fingerprint density at radius 3 is 2.24 bits per heavy atom. The van der Waals surface area contributed by atoms with Crippen LogP contribution in [0.15, 0.2) is 11.1 Å². The van der Waals surface area contributed by atoms with Crippen LogP contribution in [0.3, 0.4) is 0 Å². The molecule has 0 aromatic rings. The summed E-state index contributed by atoms with van der Waals surface area (Å²) < 4.78 is 5.31. The van der Waals surface area contributed by atoms with Gasteiger partial charge in [-0.05, 0) is 44.4 Å². The van der Waals surface area contributed by atoms with Crippen molar-refractivity contribution in [1.29, 1.82) is 0 Å². The number of ether oxygens (including phenoxy) is 1. The van der Waals surface area contributed by atoms with Crippen LogP contribution in [0.5, 0.6) is 0 Å². The maximum absolute atomic E-state index is 11.9. The maximum atomic E-state index is 11.9. The molecule has 3 aliphatic rings. The second-order valence-electron chi connectivity index (χ2n) is 6.96. The van der Waals surface area contributed by atoms with Crippen LogP contribution < -0.4 is 5.32 Å². The van der Waals surface area contributed by atoms with Gasteiger partial charge in [0.1, 0.15) is 0 Å². The largest absolute Gasteiger partial charge is 0.449 e. The lowest BCUT2D eigenvalue weighted by Gasteiger charge is -2.15. The van der Waals surface area contributed by atoms with E-state index in [1.807, 2.05) is 0 Å². The van der Waals surface area contributed by atoms with E-state index < -0.39 is 6.09 Å². The Kier molecular flexibility index (Phi) is 5.12. The summed E-state index contributed by atoms with van der Waals surface area (Å²) in [5, 5.41) is 2.62. The topological polar surface area (TPSA) is 75.7 Å². The summed E-state index contributed by atoms with van der Waals surface area (Å²) in [4.78, 5) is 36.8. The van der Waals surface area contributed by atoms with E-state index in [4.69, 9.17) is 4.74 Å². The molecule has 6 heteroatoms. The lowest BCUT2D eigenvalue weighted by atomic mass is 10.1. The Bertz CT molecular complexity index is 643. The summed E-state index contributed by atoms with van der Waals surface area (Å²) in [6.45, 7) is 4.07. The molecule has 2 atom stereocenters. The predicted molar refractivity (Wildman–Crippen MR) is 91.2 cm³/mol. The quantitative estimate of drug-likeness (QED) is 0.610. The highest BCUT2D eigenvalue weighted by Gasteiger charge is 2.49. The Morgan fingerprint density at radius 1 is 1.12 bits per heavy atom. The number of hydrogen-bond donors (Lipinski definition) is 1. The standard InChI is InChI=1S/C19H24N2O4/c1-12-13(2)18(23)21(17(12)22)10-9-20-19(24)25-11-16-14-7-5-3-4-6-8-15(14)16/h14-16H,5-11H2,1-2H3,(H,20,24). The SMILES string of the molecule is CC1=C(C)C(=O)N(CCNC(=O)OCC2C3CCC#CCCC32)C1=O. The van der Waals surface area contributed by atoms with Crippen LogP contribution >= 0.6 is 0 Å². The fourth-order valence-electron chi connectivity index (χ4n) is 3.80. The molecule has 1 saturated carbocycles. The molecular formula is C19H24N2O4. The fraction of sp³-hybridized carbons (Fsp3) is 0.632. The van der Waals surface area contributed by atoms with E-state index >= 15 is 0 Å². The number of fused-ring (bicyclic) bond motifs is 1. The molecule has 25 heavy (non-hydrogen) atoms. The molecule has 1 N–H and O–H groups in total. The normalized spacial score (nSPS) is 27.9. The maximum Gasteiger partial charge on any atom is 0.407 e. The number of nitrogens with one attached hydrogen (secondary N) is 1. The molecule has 3 amide bonds.